The largest absolute Gasteiger partial charge is 0.495 e. The fraction of sp³-hybridized carbons (Fsp3) is 0.0800. The standard InChI is InChI=1S/C25H18ClF2N3O4/c1-13-21(23(31-35-13)22-17(26)7-4-8-18(22)28)25(33)29-16-9-10-20(34-2)19(12-16)30-24(32)14-5-3-6-15(27)11-14/h3-12H,1-2H3,(H,29,33)(H,30,32). The highest BCUT2D eigenvalue weighted by atomic mass is 35.5. The number of aryl methyl sites for hydroxylation is 1. The summed E-state index contributed by atoms with van der Waals surface area (Å²) in [7, 11) is 1.41. The van der Waals surface area contributed by atoms with Crippen LogP contribution in [0.15, 0.2) is 65.2 Å². The van der Waals surface area contributed by atoms with Crippen molar-refractivity contribution in [2.45, 2.75) is 6.92 Å². The van der Waals surface area contributed by atoms with E-state index in [1.807, 2.05) is 0 Å². The number of hydrogen-bond donors (Lipinski definition) is 2. The molecule has 1 heterocycles. The number of carbonyl (C=O) groups excluding carboxylic acids is 2. The Kier molecular flexibility index (Phi) is 6.79. The summed E-state index contributed by atoms with van der Waals surface area (Å²) in [6.45, 7) is 1.51. The summed E-state index contributed by atoms with van der Waals surface area (Å²) in [5.41, 5.74) is 0.520. The maximum Gasteiger partial charge on any atom is 0.261 e. The minimum Gasteiger partial charge on any atom is -0.495 e. The van der Waals surface area contributed by atoms with Crippen molar-refractivity contribution in [1.82, 2.24) is 5.16 Å². The minimum absolute atomic E-state index is 0.00170. The second-order valence-electron chi connectivity index (χ2n) is 7.39. The molecule has 4 aromatic rings. The number of aromatic nitrogens is 1. The van der Waals surface area contributed by atoms with Crippen LogP contribution in [-0.4, -0.2) is 24.1 Å². The van der Waals surface area contributed by atoms with Crippen LogP contribution in [0.25, 0.3) is 11.3 Å². The van der Waals surface area contributed by atoms with Gasteiger partial charge in [-0.15, -0.1) is 0 Å². The predicted octanol–water partition coefficient (Wildman–Crippen LogP) is 6.09. The van der Waals surface area contributed by atoms with Gasteiger partial charge in [-0.25, -0.2) is 8.78 Å². The number of carbonyl (C=O) groups is 2. The van der Waals surface area contributed by atoms with Gasteiger partial charge < -0.3 is 19.9 Å². The lowest BCUT2D eigenvalue weighted by Gasteiger charge is -2.13. The number of nitrogens with zero attached hydrogens (tertiary/aromatic N) is 1. The first kappa shape index (κ1) is 23.9. The van der Waals surface area contributed by atoms with E-state index in [0.717, 1.165) is 6.07 Å². The summed E-state index contributed by atoms with van der Waals surface area (Å²) < 4.78 is 38.4. The number of amides is 2. The van der Waals surface area contributed by atoms with E-state index in [1.165, 1.54) is 62.6 Å². The Morgan fingerprint density at radius 2 is 1.77 bits per heavy atom. The average molecular weight is 498 g/mol. The molecule has 0 radical (unpaired) electrons. The predicted molar refractivity (Wildman–Crippen MR) is 127 cm³/mol. The topological polar surface area (TPSA) is 93.5 Å². The summed E-state index contributed by atoms with van der Waals surface area (Å²) in [5.74, 6) is -1.95. The molecule has 3 aromatic carbocycles. The van der Waals surface area contributed by atoms with Gasteiger partial charge in [-0.2, -0.15) is 0 Å². The molecule has 0 atom stereocenters. The Morgan fingerprint density at radius 1 is 1.00 bits per heavy atom. The van der Waals surface area contributed by atoms with Crippen molar-refractivity contribution < 1.29 is 27.6 Å². The molecule has 2 amide bonds. The highest BCUT2D eigenvalue weighted by molar-refractivity contribution is 6.33. The van der Waals surface area contributed by atoms with Crippen LogP contribution in [0, 0.1) is 18.6 Å². The summed E-state index contributed by atoms with van der Waals surface area (Å²) in [6.07, 6.45) is 0. The lowest BCUT2D eigenvalue weighted by molar-refractivity contribution is 0.101. The summed E-state index contributed by atoms with van der Waals surface area (Å²) >= 11 is 6.14. The molecule has 4 rings (SSSR count). The van der Waals surface area contributed by atoms with Gasteiger partial charge in [0.2, 0.25) is 0 Å². The van der Waals surface area contributed by atoms with E-state index in [4.69, 9.17) is 20.9 Å². The van der Waals surface area contributed by atoms with Gasteiger partial charge in [0, 0.05) is 11.3 Å². The van der Waals surface area contributed by atoms with Crippen LogP contribution in [0.5, 0.6) is 5.75 Å². The maximum atomic E-state index is 14.5. The van der Waals surface area contributed by atoms with E-state index in [2.05, 4.69) is 15.8 Å². The van der Waals surface area contributed by atoms with Crippen molar-refractivity contribution in [3.8, 4) is 17.0 Å². The van der Waals surface area contributed by atoms with E-state index < -0.39 is 23.4 Å². The molecule has 0 bridgehead atoms. The number of nitrogens with one attached hydrogen (secondary N) is 2. The number of hydrogen-bond acceptors (Lipinski definition) is 5. The third-order valence-corrected chi connectivity index (χ3v) is 5.40. The molecular weight excluding hydrogens is 480 g/mol. The van der Waals surface area contributed by atoms with Gasteiger partial charge >= 0.3 is 0 Å². The van der Waals surface area contributed by atoms with Crippen LogP contribution in [-0.2, 0) is 0 Å². The summed E-state index contributed by atoms with van der Waals surface area (Å²) in [6, 6.07) is 13.9. The van der Waals surface area contributed by atoms with Gasteiger partial charge in [-0.3, -0.25) is 9.59 Å². The first-order chi connectivity index (χ1) is 16.8. The molecule has 178 valence electrons. The number of halogens is 3. The SMILES string of the molecule is COc1ccc(NC(=O)c2c(-c3c(F)cccc3Cl)noc2C)cc1NC(=O)c1cccc(F)c1. The smallest absolute Gasteiger partial charge is 0.261 e. The third-order valence-electron chi connectivity index (χ3n) is 5.08. The molecule has 0 aliphatic heterocycles. The van der Waals surface area contributed by atoms with Gasteiger partial charge in [0.05, 0.1) is 23.4 Å². The molecule has 0 aliphatic rings. The number of anilines is 2. The fourth-order valence-electron chi connectivity index (χ4n) is 3.44. The summed E-state index contributed by atoms with van der Waals surface area (Å²) in [5, 5.41) is 9.21. The van der Waals surface area contributed by atoms with E-state index in [-0.39, 0.29) is 44.5 Å². The van der Waals surface area contributed by atoms with Crippen LogP contribution in [0.1, 0.15) is 26.5 Å². The summed E-state index contributed by atoms with van der Waals surface area (Å²) in [4.78, 5) is 25.7. The van der Waals surface area contributed by atoms with E-state index in [9.17, 15) is 18.4 Å². The highest BCUT2D eigenvalue weighted by Gasteiger charge is 2.25. The lowest BCUT2D eigenvalue weighted by atomic mass is 10.0. The molecule has 0 aliphatic carbocycles. The molecule has 1 aromatic heterocycles. The number of rotatable bonds is 6. The van der Waals surface area contributed by atoms with E-state index >= 15 is 0 Å². The molecular formula is C25H18ClF2N3O4. The first-order valence-corrected chi connectivity index (χ1v) is 10.6. The normalized spacial score (nSPS) is 10.7. The van der Waals surface area contributed by atoms with Crippen molar-refractivity contribution in [2.24, 2.45) is 0 Å². The molecule has 7 nitrogen and oxygen atoms in total. The second-order valence-corrected chi connectivity index (χ2v) is 7.80. The Morgan fingerprint density at radius 3 is 2.49 bits per heavy atom. The van der Waals surface area contributed by atoms with Gasteiger partial charge in [-0.05, 0) is 55.5 Å². The lowest BCUT2D eigenvalue weighted by Crippen LogP contribution is -2.15. The molecule has 10 heteroatoms. The Bertz CT molecular complexity index is 1420. The Labute approximate surface area is 203 Å². The van der Waals surface area contributed by atoms with Crippen LogP contribution < -0.4 is 15.4 Å². The molecule has 0 unspecified atom stereocenters. The van der Waals surface area contributed by atoms with Crippen molar-refractivity contribution in [2.75, 3.05) is 17.7 Å². The molecule has 0 spiro atoms. The average Bonchev–Trinajstić information content (AvgIpc) is 3.20. The van der Waals surface area contributed by atoms with Gasteiger partial charge in [-0.1, -0.05) is 28.9 Å². The van der Waals surface area contributed by atoms with Crippen molar-refractivity contribution >= 4 is 34.8 Å². The molecule has 2 N–H and O–H groups in total. The van der Waals surface area contributed by atoms with Crippen molar-refractivity contribution in [3.63, 3.8) is 0 Å². The molecule has 0 saturated heterocycles. The highest BCUT2D eigenvalue weighted by Crippen LogP contribution is 2.34. The minimum atomic E-state index is -0.661. The molecule has 0 fully saturated rings. The molecule has 0 saturated carbocycles. The zero-order valence-electron chi connectivity index (χ0n) is 18.5. The number of ether oxygens (including phenoxy) is 1. The van der Waals surface area contributed by atoms with Gasteiger partial charge in [0.1, 0.15) is 34.4 Å². The first-order valence-electron chi connectivity index (χ1n) is 10.3. The van der Waals surface area contributed by atoms with Crippen LogP contribution >= 0.6 is 11.6 Å². The monoisotopic (exact) mass is 497 g/mol. The van der Waals surface area contributed by atoms with Crippen LogP contribution in [0.2, 0.25) is 5.02 Å². The van der Waals surface area contributed by atoms with E-state index in [0.29, 0.717) is 5.75 Å². The van der Waals surface area contributed by atoms with Crippen molar-refractivity contribution in [1.29, 1.82) is 0 Å². The van der Waals surface area contributed by atoms with Gasteiger partial charge in [0.15, 0.2) is 0 Å². The van der Waals surface area contributed by atoms with Crippen LogP contribution in [0.4, 0.5) is 20.2 Å². The van der Waals surface area contributed by atoms with E-state index in [1.54, 1.807) is 6.07 Å². The number of benzene rings is 3. The van der Waals surface area contributed by atoms with Gasteiger partial charge in [0.25, 0.3) is 11.8 Å². The Hall–Kier alpha value is -4.24. The molecule has 35 heavy (non-hydrogen) atoms. The fourth-order valence-corrected chi connectivity index (χ4v) is 3.69. The van der Waals surface area contributed by atoms with Crippen molar-refractivity contribution in [3.05, 3.63) is 94.2 Å². The second kappa shape index (κ2) is 9.94. The zero-order valence-corrected chi connectivity index (χ0v) is 19.2. The zero-order chi connectivity index (χ0) is 25.1. The number of methoxy groups -OCH3 is 1. The maximum absolute atomic E-state index is 14.5. The Balaban J connectivity index is 1.63. The quantitative estimate of drug-likeness (QED) is 0.336. The van der Waals surface area contributed by atoms with Crippen LogP contribution in [0.3, 0.4) is 0 Å². The third kappa shape index (κ3) is 4.99.